The largest absolute Gasteiger partial charge is 0.307 e. The predicted molar refractivity (Wildman–Crippen MR) is 43.2 cm³/mol. The molecule has 1 radical (unpaired) electrons. The van der Waals surface area contributed by atoms with Gasteiger partial charge in [-0.3, -0.25) is 0 Å². The van der Waals surface area contributed by atoms with E-state index in [1.807, 2.05) is 25.1 Å². The second kappa shape index (κ2) is 3.39. The van der Waals surface area contributed by atoms with Gasteiger partial charge in [-0.2, -0.15) is 24.3 Å². The first kappa shape index (κ1) is 8.79. The number of thiazole rings is 1. The van der Waals surface area contributed by atoms with E-state index < -0.39 is 0 Å². The Morgan fingerprint density at radius 2 is 2.36 bits per heavy atom. The molecule has 1 aromatic heterocycles. The fraction of sp³-hybridized carbons (Fsp3) is 0.125. The molecular formula is C8H6NSV-. The zero-order chi connectivity index (χ0) is 6.97. The summed E-state index contributed by atoms with van der Waals surface area (Å²) in [6.45, 7) is 2.02. The van der Waals surface area contributed by atoms with Crippen molar-refractivity contribution >= 4 is 21.6 Å². The summed E-state index contributed by atoms with van der Waals surface area (Å²) in [4.78, 5) is 4.30. The maximum atomic E-state index is 4.30. The molecule has 0 spiro atoms. The van der Waals surface area contributed by atoms with Crippen LogP contribution in [-0.2, 0) is 18.6 Å². The summed E-state index contributed by atoms with van der Waals surface area (Å²) in [5, 5.41) is 1.12. The van der Waals surface area contributed by atoms with Crippen molar-refractivity contribution in [3.05, 3.63) is 29.3 Å². The summed E-state index contributed by atoms with van der Waals surface area (Å²) in [5.74, 6) is 0. The second-order valence-corrected chi connectivity index (χ2v) is 3.36. The first-order chi connectivity index (χ1) is 4.86. The van der Waals surface area contributed by atoms with Crippen LogP contribution in [0.15, 0.2) is 18.2 Å². The van der Waals surface area contributed by atoms with Crippen LogP contribution < -0.4 is 0 Å². The molecule has 1 heterocycles. The monoisotopic (exact) mass is 199 g/mol. The van der Waals surface area contributed by atoms with Gasteiger partial charge in [0.2, 0.25) is 0 Å². The SMILES string of the molecule is Cc1nc2c[c-]ccc2s1.[V]. The van der Waals surface area contributed by atoms with Gasteiger partial charge < -0.3 is 4.98 Å². The van der Waals surface area contributed by atoms with Crippen molar-refractivity contribution in [3.8, 4) is 0 Å². The van der Waals surface area contributed by atoms with Gasteiger partial charge in [0.25, 0.3) is 0 Å². The first-order valence-electron chi connectivity index (χ1n) is 3.09. The second-order valence-electron chi connectivity index (χ2n) is 2.13. The van der Waals surface area contributed by atoms with Gasteiger partial charge in [-0.1, -0.05) is 4.70 Å². The molecule has 0 aliphatic carbocycles. The van der Waals surface area contributed by atoms with Gasteiger partial charge in [0.15, 0.2) is 0 Å². The van der Waals surface area contributed by atoms with Crippen LogP contribution in [0.4, 0.5) is 0 Å². The number of nitrogens with zero attached hydrogens (tertiary/aromatic N) is 1. The minimum Gasteiger partial charge on any atom is -0.307 e. The summed E-state index contributed by atoms with van der Waals surface area (Å²) >= 11 is 1.72. The van der Waals surface area contributed by atoms with E-state index in [9.17, 15) is 0 Å². The van der Waals surface area contributed by atoms with Crippen LogP contribution in [0, 0.1) is 13.0 Å². The van der Waals surface area contributed by atoms with Crippen molar-refractivity contribution in [2.24, 2.45) is 0 Å². The maximum Gasteiger partial charge on any atom is 0.0741 e. The Bertz CT molecular complexity index is 323. The molecule has 0 unspecified atom stereocenters. The van der Waals surface area contributed by atoms with Gasteiger partial charge >= 0.3 is 0 Å². The molecule has 0 N–H and O–H groups in total. The summed E-state index contributed by atoms with van der Waals surface area (Å²) in [5.41, 5.74) is 1.06. The van der Waals surface area contributed by atoms with Crippen LogP contribution >= 0.6 is 11.3 Å². The number of hydrogen-bond donors (Lipinski definition) is 0. The number of benzene rings is 1. The summed E-state index contributed by atoms with van der Waals surface area (Å²) in [7, 11) is 0. The number of hydrogen-bond acceptors (Lipinski definition) is 2. The zero-order valence-electron chi connectivity index (χ0n) is 6.03. The molecule has 0 atom stereocenters. The molecule has 1 aromatic carbocycles. The smallest absolute Gasteiger partial charge is 0.0741 e. The van der Waals surface area contributed by atoms with Crippen LogP contribution in [-0.4, -0.2) is 4.98 Å². The van der Waals surface area contributed by atoms with E-state index in [1.165, 1.54) is 4.70 Å². The van der Waals surface area contributed by atoms with Crippen molar-refractivity contribution in [2.75, 3.05) is 0 Å². The van der Waals surface area contributed by atoms with E-state index in [1.54, 1.807) is 11.3 Å². The minimum absolute atomic E-state index is 0. The van der Waals surface area contributed by atoms with Crippen molar-refractivity contribution < 1.29 is 18.6 Å². The fourth-order valence-electron chi connectivity index (χ4n) is 0.933. The molecule has 0 aliphatic rings. The number of aryl methyl sites for hydroxylation is 1. The van der Waals surface area contributed by atoms with E-state index in [2.05, 4.69) is 11.1 Å². The normalized spacial score (nSPS) is 9.55. The Labute approximate surface area is 81.3 Å². The van der Waals surface area contributed by atoms with Crippen molar-refractivity contribution in [3.63, 3.8) is 0 Å². The quantitative estimate of drug-likeness (QED) is 0.593. The first-order valence-corrected chi connectivity index (χ1v) is 3.91. The molecule has 0 saturated heterocycles. The van der Waals surface area contributed by atoms with Gasteiger partial charge in [0.1, 0.15) is 0 Å². The number of aromatic nitrogens is 1. The molecule has 11 heavy (non-hydrogen) atoms. The van der Waals surface area contributed by atoms with Crippen LogP contribution in [0.2, 0.25) is 0 Å². The Balaban J connectivity index is 0.000000605. The van der Waals surface area contributed by atoms with Crippen molar-refractivity contribution in [1.29, 1.82) is 0 Å². The molecule has 0 fully saturated rings. The number of fused-ring (bicyclic) bond motifs is 1. The molecule has 2 rings (SSSR count). The average Bonchev–Trinajstić information content (AvgIpc) is 2.27. The van der Waals surface area contributed by atoms with E-state index in [-0.39, 0.29) is 18.6 Å². The Morgan fingerprint density at radius 1 is 1.55 bits per heavy atom. The Hall–Kier alpha value is -0.306. The van der Waals surface area contributed by atoms with Crippen LogP contribution in [0.25, 0.3) is 10.2 Å². The summed E-state index contributed by atoms with van der Waals surface area (Å²) in [6, 6.07) is 8.87. The van der Waals surface area contributed by atoms with Gasteiger partial charge in [-0.05, 0) is 12.4 Å². The summed E-state index contributed by atoms with van der Waals surface area (Å²) < 4.78 is 1.25. The van der Waals surface area contributed by atoms with E-state index >= 15 is 0 Å². The molecule has 0 bridgehead atoms. The Kier molecular flexibility index (Phi) is 2.71. The van der Waals surface area contributed by atoms with Crippen molar-refractivity contribution in [2.45, 2.75) is 6.92 Å². The number of rotatable bonds is 0. The minimum atomic E-state index is 0. The molecule has 0 aliphatic heterocycles. The van der Waals surface area contributed by atoms with Gasteiger partial charge in [0, 0.05) is 18.6 Å². The molecule has 2 aromatic rings. The third kappa shape index (κ3) is 1.64. The standard InChI is InChI=1S/C8H6NS.V/c1-6-9-7-4-2-3-5-8(7)10-6;/h3-5H,1H3;/q-1;. The topological polar surface area (TPSA) is 12.9 Å². The van der Waals surface area contributed by atoms with E-state index in [0.29, 0.717) is 0 Å². The molecule has 0 amide bonds. The van der Waals surface area contributed by atoms with Crippen LogP contribution in [0.1, 0.15) is 5.01 Å². The molecule has 0 saturated carbocycles. The maximum absolute atomic E-state index is 4.30. The van der Waals surface area contributed by atoms with Gasteiger partial charge in [-0.25, -0.2) is 0 Å². The Morgan fingerprint density at radius 3 is 3.09 bits per heavy atom. The van der Waals surface area contributed by atoms with Crippen LogP contribution in [0.5, 0.6) is 0 Å². The van der Waals surface area contributed by atoms with Gasteiger partial charge in [-0.15, -0.1) is 11.3 Å². The molecule has 1 nitrogen and oxygen atoms in total. The van der Waals surface area contributed by atoms with Gasteiger partial charge in [0.05, 0.1) is 5.01 Å². The van der Waals surface area contributed by atoms with Crippen molar-refractivity contribution in [1.82, 2.24) is 4.98 Å². The third-order valence-electron chi connectivity index (χ3n) is 1.34. The van der Waals surface area contributed by atoms with E-state index in [0.717, 1.165) is 10.5 Å². The fourth-order valence-corrected chi connectivity index (χ4v) is 1.74. The van der Waals surface area contributed by atoms with E-state index in [4.69, 9.17) is 0 Å². The molecular weight excluding hydrogens is 193 g/mol. The summed E-state index contributed by atoms with van der Waals surface area (Å²) in [6.07, 6.45) is 0. The zero-order valence-corrected chi connectivity index (χ0v) is 8.25. The van der Waals surface area contributed by atoms with Crippen LogP contribution in [0.3, 0.4) is 0 Å². The average molecular weight is 199 g/mol. The molecule has 55 valence electrons. The molecule has 3 heteroatoms. The third-order valence-corrected chi connectivity index (χ3v) is 2.29. The predicted octanol–water partition coefficient (Wildman–Crippen LogP) is 2.40.